The molecule has 0 radical (unpaired) electrons. The van der Waals surface area contributed by atoms with Crippen molar-refractivity contribution in [2.45, 2.75) is 25.7 Å². The summed E-state index contributed by atoms with van der Waals surface area (Å²) in [6.07, 6.45) is -11.6. The third-order valence-corrected chi connectivity index (χ3v) is 4.57. The van der Waals surface area contributed by atoms with Gasteiger partial charge in [-0.1, -0.05) is 31.4 Å². The maximum atomic E-state index is 13.9. The van der Waals surface area contributed by atoms with E-state index in [1.54, 1.807) is 0 Å². The highest BCUT2D eigenvalue weighted by Crippen LogP contribution is 2.49. The number of esters is 2. The highest BCUT2D eigenvalue weighted by atomic mass is 19.4. The largest absolute Gasteiger partial charge is 0.513 e. The fourth-order valence-corrected chi connectivity index (χ4v) is 2.97. The van der Waals surface area contributed by atoms with E-state index in [1.807, 2.05) is 0 Å². The van der Waals surface area contributed by atoms with E-state index in [0.29, 0.717) is 18.2 Å². The summed E-state index contributed by atoms with van der Waals surface area (Å²) in [5.74, 6) is -3.50. The maximum absolute atomic E-state index is 13.9. The molecule has 0 atom stereocenters. The molecule has 0 bridgehead atoms. The van der Waals surface area contributed by atoms with Gasteiger partial charge in [-0.25, -0.2) is 14.4 Å². The highest BCUT2D eigenvalue weighted by Gasteiger charge is 2.47. The van der Waals surface area contributed by atoms with Gasteiger partial charge in [-0.3, -0.25) is 0 Å². The molecule has 0 aromatic heterocycles. The summed E-state index contributed by atoms with van der Waals surface area (Å²) >= 11 is 0. The number of ether oxygens (including phenoxy) is 4. The monoisotopic (exact) mass is 546 g/mol. The van der Waals surface area contributed by atoms with Crippen LogP contribution in [0.25, 0.3) is 11.1 Å². The molecule has 0 amide bonds. The van der Waals surface area contributed by atoms with E-state index >= 15 is 0 Å². The van der Waals surface area contributed by atoms with E-state index in [1.165, 1.54) is 6.92 Å². The predicted molar refractivity (Wildman–Crippen MR) is 120 cm³/mol. The van der Waals surface area contributed by atoms with Crippen LogP contribution in [0.4, 0.5) is 31.1 Å². The summed E-state index contributed by atoms with van der Waals surface area (Å²) in [5, 5.41) is 0. The Morgan fingerprint density at radius 2 is 1.42 bits per heavy atom. The summed E-state index contributed by atoms with van der Waals surface area (Å²) in [6, 6.07) is 5.40. The first-order chi connectivity index (χ1) is 17.6. The van der Waals surface area contributed by atoms with Crippen LogP contribution >= 0.6 is 0 Å². The van der Waals surface area contributed by atoms with Crippen LogP contribution in [0, 0.1) is 0 Å². The van der Waals surface area contributed by atoms with E-state index in [9.17, 15) is 40.7 Å². The SMILES string of the molecule is C=CC(=O)Oc1ccc(-c2ccc(OC(=O)OCCCOC(=O)C(=C)C)cc2)c(C(F)(F)F)c1C(F)(F)F. The summed E-state index contributed by atoms with van der Waals surface area (Å²) in [4.78, 5) is 34.4. The van der Waals surface area contributed by atoms with Gasteiger partial charge in [0.15, 0.2) is 0 Å². The molecule has 2 rings (SSSR count). The molecule has 38 heavy (non-hydrogen) atoms. The number of rotatable bonds is 9. The third kappa shape index (κ3) is 8.11. The van der Waals surface area contributed by atoms with Gasteiger partial charge in [-0.05, 0) is 36.2 Å². The first-order valence-electron chi connectivity index (χ1n) is 10.6. The topological polar surface area (TPSA) is 88.1 Å². The minimum absolute atomic E-state index is 0.0549. The second kappa shape index (κ2) is 12.3. The van der Waals surface area contributed by atoms with Gasteiger partial charge >= 0.3 is 30.4 Å². The Morgan fingerprint density at radius 1 is 0.842 bits per heavy atom. The van der Waals surface area contributed by atoms with Gasteiger partial charge in [0.25, 0.3) is 0 Å². The number of alkyl halides is 6. The molecule has 2 aromatic carbocycles. The fraction of sp³-hybridized carbons (Fsp3) is 0.240. The fourth-order valence-electron chi connectivity index (χ4n) is 2.97. The Labute approximate surface area is 212 Å². The van der Waals surface area contributed by atoms with Crippen LogP contribution in [0.1, 0.15) is 24.5 Å². The molecule has 0 aliphatic rings. The lowest BCUT2D eigenvalue weighted by molar-refractivity contribution is -0.163. The van der Waals surface area contributed by atoms with Crippen LogP contribution in [-0.2, 0) is 31.4 Å². The lowest BCUT2D eigenvalue weighted by Gasteiger charge is -2.22. The molecule has 0 spiro atoms. The molecule has 0 unspecified atom stereocenters. The summed E-state index contributed by atoms with van der Waals surface area (Å²) in [7, 11) is 0. The zero-order chi connectivity index (χ0) is 28.7. The highest BCUT2D eigenvalue weighted by molar-refractivity contribution is 5.87. The zero-order valence-electron chi connectivity index (χ0n) is 19.7. The molecule has 13 heteroatoms. The molecular weight excluding hydrogens is 526 g/mol. The second-order valence-corrected chi connectivity index (χ2v) is 7.48. The smallest absolute Gasteiger partial charge is 0.462 e. The number of hydrogen-bond donors (Lipinski definition) is 0. The number of carbonyl (C=O) groups is 3. The minimum Gasteiger partial charge on any atom is -0.462 e. The molecule has 0 aliphatic heterocycles. The first-order valence-corrected chi connectivity index (χ1v) is 10.6. The van der Waals surface area contributed by atoms with Crippen LogP contribution in [-0.4, -0.2) is 31.3 Å². The average molecular weight is 546 g/mol. The Balaban J connectivity index is 2.24. The van der Waals surface area contributed by atoms with E-state index in [-0.39, 0.29) is 36.5 Å². The van der Waals surface area contributed by atoms with Crippen molar-refractivity contribution in [3.05, 3.63) is 72.3 Å². The van der Waals surface area contributed by atoms with E-state index < -0.39 is 52.9 Å². The van der Waals surface area contributed by atoms with Crippen LogP contribution in [0.2, 0.25) is 0 Å². The van der Waals surface area contributed by atoms with Gasteiger partial charge in [-0.15, -0.1) is 0 Å². The second-order valence-electron chi connectivity index (χ2n) is 7.48. The van der Waals surface area contributed by atoms with Gasteiger partial charge in [0.1, 0.15) is 17.1 Å². The lowest BCUT2D eigenvalue weighted by atomic mass is 9.93. The van der Waals surface area contributed by atoms with Crippen molar-refractivity contribution in [3.8, 4) is 22.6 Å². The van der Waals surface area contributed by atoms with Gasteiger partial charge in [0.2, 0.25) is 0 Å². The normalized spacial score (nSPS) is 11.3. The Morgan fingerprint density at radius 3 is 1.95 bits per heavy atom. The first kappa shape index (κ1) is 29.9. The van der Waals surface area contributed by atoms with Crippen molar-refractivity contribution in [1.29, 1.82) is 0 Å². The summed E-state index contributed by atoms with van der Waals surface area (Å²) < 4.78 is 102. The van der Waals surface area contributed by atoms with Crippen molar-refractivity contribution in [1.82, 2.24) is 0 Å². The minimum atomic E-state index is -5.53. The van der Waals surface area contributed by atoms with Crippen molar-refractivity contribution in [2.75, 3.05) is 13.2 Å². The standard InChI is InChI=1S/C25H20F6O7/c1-4-19(32)38-18-11-10-17(20(24(26,27)28)21(18)25(29,30)31)15-6-8-16(9-7-15)37-23(34)36-13-5-12-35-22(33)14(2)3/h4,6-11H,1-2,5,12-13H2,3H3. The van der Waals surface area contributed by atoms with E-state index in [4.69, 9.17) is 14.2 Å². The van der Waals surface area contributed by atoms with Gasteiger partial charge in [0, 0.05) is 18.1 Å². The molecule has 0 fully saturated rings. The number of benzene rings is 2. The van der Waals surface area contributed by atoms with Crippen molar-refractivity contribution in [2.24, 2.45) is 0 Å². The summed E-state index contributed by atoms with van der Waals surface area (Å²) in [6.45, 7) is 7.62. The molecule has 2 aromatic rings. The van der Waals surface area contributed by atoms with Crippen molar-refractivity contribution in [3.63, 3.8) is 0 Å². The van der Waals surface area contributed by atoms with Gasteiger partial charge in [0.05, 0.1) is 18.8 Å². The number of carbonyl (C=O) groups excluding carboxylic acids is 3. The molecular formula is C25H20F6O7. The van der Waals surface area contributed by atoms with E-state index in [0.717, 1.165) is 24.3 Å². The Hall–Kier alpha value is -4.29. The predicted octanol–water partition coefficient (Wildman–Crippen LogP) is 6.51. The van der Waals surface area contributed by atoms with Crippen LogP contribution in [0.5, 0.6) is 11.5 Å². The number of hydrogen-bond acceptors (Lipinski definition) is 7. The molecule has 0 saturated carbocycles. The van der Waals surface area contributed by atoms with Gasteiger partial charge < -0.3 is 18.9 Å². The van der Waals surface area contributed by atoms with Crippen molar-refractivity contribution >= 4 is 18.1 Å². The quantitative estimate of drug-likeness (QED) is 0.0885. The molecule has 204 valence electrons. The molecule has 0 heterocycles. The van der Waals surface area contributed by atoms with Crippen LogP contribution < -0.4 is 9.47 Å². The summed E-state index contributed by atoms with van der Waals surface area (Å²) in [5.41, 5.74) is -5.22. The third-order valence-electron chi connectivity index (χ3n) is 4.57. The average Bonchev–Trinajstić information content (AvgIpc) is 2.82. The van der Waals surface area contributed by atoms with Gasteiger partial charge in [-0.2, -0.15) is 26.3 Å². The molecule has 0 N–H and O–H groups in total. The Bertz CT molecular complexity index is 1210. The van der Waals surface area contributed by atoms with Crippen LogP contribution in [0.3, 0.4) is 0 Å². The molecule has 0 saturated heterocycles. The van der Waals surface area contributed by atoms with E-state index in [2.05, 4.69) is 17.9 Å². The Kier molecular flexibility index (Phi) is 9.69. The lowest BCUT2D eigenvalue weighted by Crippen LogP contribution is -2.20. The van der Waals surface area contributed by atoms with Crippen molar-refractivity contribution < 1.29 is 59.7 Å². The molecule has 7 nitrogen and oxygen atoms in total. The molecule has 0 aliphatic carbocycles. The number of halogens is 6. The zero-order valence-corrected chi connectivity index (χ0v) is 19.7. The van der Waals surface area contributed by atoms with Crippen LogP contribution in [0.15, 0.2) is 61.2 Å². The maximum Gasteiger partial charge on any atom is 0.513 e.